The van der Waals surface area contributed by atoms with Crippen molar-refractivity contribution in [2.75, 3.05) is 13.6 Å². The first-order valence-electron chi connectivity index (χ1n) is 9.22. The Hall–Kier alpha value is -2.77. The van der Waals surface area contributed by atoms with Crippen LogP contribution in [0.25, 0.3) is 0 Å². The summed E-state index contributed by atoms with van der Waals surface area (Å²) in [6.07, 6.45) is 0. The lowest BCUT2D eigenvalue weighted by molar-refractivity contribution is -0.885. The molecule has 1 unspecified atom stereocenters. The van der Waals surface area contributed by atoms with Crippen LogP contribution in [0.3, 0.4) is 0 Å². The van der Waals surface area contributed by atoms with Crippen molar-refractivity contribution in [3.05, 3.63) is 88.1 Å². The number of quaternary nitrogens is 1. The maximum atomic E-state index is 12.7. The second kappa shape index (κ2) is 10.1. The zero-order valence-electron chi connectivity index (χ0n) is 16.0. The molecular formula is C22H23F2N2O2S+. The van der Waals surface area contributed by atoms with Gasteiger partial charge in [-0.1, -0.05) is 42.5 Å². The average molecular weight is 418 g/mol. The molecule has 0 radical (unpaired) electrons. The molecule has 4 nitrogen and oxygen atoms in total. The molecule has 0 aliphatic rings. The molecule has 0 saturated heterocycles. The molecule has 0 aliphatic heterocycles. The van der Waals surface area contributed by atoms with E-state index in [0.29, 0.717) is 6.54 Å². The van der Waals surface area contributed by atoms with Crippen LogP contribution in [-0.4, -0.2) is 26.1 Å². The highest BCUT2D eigenvalue weighted by atomic mass is 32.1. The first kappa shape index (κ1) is 21.0. The number of hydrogen-bond donors (Lipinski definition) is 2. The lowest BCUT2D eigenvalue weighted by Gasteiger charge is -2.21. The minimum atomic E-state index is -2.87. The van der Waals surface area contributed by atoms with E-state index in [9.17, 15) is 13.6 Å². The van der Waals surface area contributed by atoms with Crippen molar-refractivity contribution in [1.82, 2.24) is 5.32 Å². The normalized spacial score (nSPS) is 13.1. The van der Waals surface area contributed by atoms with Gasteiger partial charge in [0.2, 0.25) is 0 Å². The van der Waals surface area contributed by atoms with E-state index in [2.05, 4.69) is 21.5 Å². The molecule has 2 aromatic carbocycles. The van der Waals surface area contributed by atoms with Crippen LogP contribution in [0.1, 0.15) is 22.7 Å². The fourth-order valence-electron chi connectivity index (χ4n) is 3.14. The Labute approximate surface area is 172 Å². The summed E-state index contributed by atoms with van der Waals surface area (Å²) in [4.78, 5) is 13.8. The number of hydrogen-bond acceptors (Lipinski definition) is 3. The summed E-state index contributed by atoms with van der Waals surface area (Å²) >= 11 is 1.64. The molecule has 0 saturated carbocycles. The number of thiophene rings is 1. The first-order chi connectivity index (χ1) is 14.0. The van der Waals surface area contributed by atoms with Crippen molar-refractivity contribution in [3.63, 3.8) is 0 Å². The molecule has 1 amide bonds. The minimum Gasteiger partial charge on any atom is -0.435 e. The topological polar surface area (TPSA) is 42.8 Å². The van der Waals surface area contributed by atoms with E-state index in [-0.39, 0.29) is 17.7 Å². The quantitative estimate of drug-likeness (QED) is 0.561. The monoisotopic (exact) mass is 417 g/mol. The molecule has 0 fully saturated rings. The van der Waals surface area contributed by atoms with E-state index in [1.807, 2.05) is 42.8 Å². The van der Waals surface area contributed by atoms with Crippen LogP contribution >= 0.6 is 11.3 Å². The van der Waals surface area contributed by atoms with Crippen LogP contribution in [0, 0.1) is 0 Å². The highest BCUT2D eigenvalue weighted by Gasteiger charge is 2.19. The summed E-state index contributed by atoms with van der Waals surface area (Å²) in [5, 5.41) is 7.18. The standard InChI is InChI=1S/C22H22F2N2O2S/c1-26(13-16-11-12-29-15-16)14-20(27)25-21(17-5-3-2-4-6-17)18-7-9-19(10-8-18)28-22(23)24/h2-12,15,21-22H,13-14H2,1H3,(H,25,27)/p+1/t21-/m0/s1. The molecular weight excluding hydrogens is 394 g/mol. The van der Waals surface area contributed by atoms with Gasteiger partial charge in [-0.3, -0.25) is 4.79 Å². The Balaban J connectivity index is 1.71. The van der Waals surface area contributed by atoms with E-state index in [0.717, 1.165) is 22.6 Å². The average Bonchev–Trinajstić information content (AvgIpc) is 3.20. The Morgan fingerprint density at radius 2 is 1.76 bits per heavy atom. The molecule has 152 valence electrons. The first-order valence-corrected chi connectivity index (χ1v) is 10.2. The Morgan fingerprint density at radius 1 is 1.07 bits per heavy atom. The fraction of sp³-hybridized carbons (Fsp3) is 0.227. The summed E-state index contributed by atoms with van der Waals surface area (Å²) in [7, 11) is 1.98. The summed E-state index contributed by atoms with van der Waals surface area (Å²) in [5.41, 5.74) is 2.91. The molecule has 0 bridgehead atoms. The van der Waals surface area contributed by atoms with Crippen molar-refractivity contribution >= 4 is 17.2 Å². The number of carbonyl (C=O) groups excluding carboxylic acids is 1. The van der Waals surface area contributed by atoms with Gasteiger partial charge in [0.1, 0.15) is 12.3 Å². The lowest BCUT2D eigenvalue weighted by Crippen LogP contribution is -3.08. The molecule has 29 heavy (non-hydrogen) atoms. The molecule has 2 N–H and O–H groups in total. The largest absolute Gasteiger partial charge is 0.435 e. The number of nitrogens with one attached hydrogen (secondary N) is 2. The molecule has 1 aromatic heterocycles. The van der Waals surface area contributed by atoms with Crippen molar-refractivity contribution < 1.29 is 23.2 Å². The second-order valence-electron chi connectivity index (χ2n) is 6.80. The van der Waals surface area contributed by atoms with E-state index in [4.69, 9.17) is 0 Å². The minimum absolute atomic E-state index is 0.0838. The Bertz CT molecular complexity index is 887. The molecule has 3 rings (SSSR count). The van der Waals surface area contributed by atoms with E-state index < -0.39 is 6.61 Å². The number of rotatable bonds is 9. The third-order valence-corrected chi connectivity index (χ3v) is 5.16. The summed E-state index contributed by atoms with van der Waals surface area (Å²) in [6, 6.07) is 17.6. The van der Waals surface area contributed by atoms with Gasteiger partial charge in [0.25, 0.3) is 5.91 Å². The van der Waals surface area contributed by atoms with Crippen LogP contribution < -0.4 is 15.0 Å². The van der Waals surface area contributed by atoms with E-state index in [1.54, 1.807) is 23.5 Å². The third-order valence-electron chi connectivity index (χ3n) is 4.43. The van der Waals surface area contributed by atoms with Crippen LogP contribution in [-0.2, 0) is 11.3 Å². The summed E-state index contributed by atoms with van der Waals surface area (Å²) in [6.45, 7) is -1.77. The number of halogens is 2. The predicted octanol–water partition coefficient (Wildman–Crippen LogP) is 3.27. The van der Waals surface area contributed by atoms with Crippen LogP contribution in [0.2, 0.25) is 0 Å². The zero-order valence-corrected chi connectivity index (χ0v) is 16.8. The van der Waals surface area contributed by atoms with Crippen LogP contribution in [0.5, 0.6) is 5.75 Å². The number of benzene rings is 2. The van der Waals surface area contributed by atoms with Crippen molar-refractivity contribution in [1.29, 1.82) is 0 Å². The predicted molar refractivity (Wildman–Crippen MR) is 109 cm³/mol. The van der Waals surface area contributed by atoms with Gasteiger partial charge in [-0.05, 0) is 40.1 Å². The molecule has 1 heterocycles. The van der Waals surface area contributed by atoms with Gasteiger partial charge in [0.05, 0.1) is 13.1 Å². The maximum absolute atomic E-state index is 12.7. The van der Waals surface area contributed by atoms with E-state index >= 15 is 0 Å². The third kappa shape index (κ3) is 6.37. The van der Waals surface area contributed by atoms with Gasteiger partial charge in [0, 0.05) is 5.56 Å². The van der Waals surface area contributed by atoms with Gasteiger partial charge in [-0.15, -0.1) is 0 Å². The molecule has 7 heteroatoms. The summed E-state index contributed by atoms with van der Waals surface area (Å²) < 4.78 is 29.2. The molecule has 0 aliphatic carbocycles. The van der Waals surface area contributed by atoms with Gasteiger partial charge >= 0.3 is 6.61 Å². The molecule has 3 aromatic rings. The highest BCUT2D eigenvalue weighted by Crippen LogP contribution is 2.24. The van der Waals surface area contributed by atoms with Gasteiger partial charge in [-0.25, -0.2) is 0 Å². The lowest BCUT2D eigenvalue weighted by atomic mass is 9.98. The number of amides is 1. The highest BCUT2D eigenvalue weighted by molar-refractivity contribution is 7.07. The number of carbonyl (C=O) groups is 1. The fourth-order valence-corrected chi connectivity index (χ4v) is 3.81. The molecule has 0 spiro atoms. The SMILES string of the molecule is C[NH+](CC(=O)N[C@@H](c1ccccc1)c1ccc(OC(F)F)cc1)Cc1ccsc1. The van der Waals surface area contributed by atoms with Crippen LogP contribution in [0.4, 0.5) is 8.78 Å². The van der Waals surface area contributed by atoms with Crippen LogP contribution in [0.15, 0.2) is 71.4 Å². The zero-order chi connectivity index (χ0) is 20.6. The van der Waals surface area contributed by atoms with Gasteiger partial charge in [0.15, 0.2) is 6.54 Å². The molecule has 2 atom stereocenters. The van der Waals surface area contributed by atoms with Gasteiger partial charge < -0.3 is 15.0 Å². The summed E-state index contributed by atoms with van der Waals surface area (Å²) in [5.74, 6) is 0.00122. The smallest absolute Gasteiger partial charge is 0.387 e. The number of alkyl halides is 2. The van der Waals surface area contributed by atoms with Gasteiger partial charge in [-0.2, -0.15) is 20.1 Å². The van der Waals surface area contributed by atoms with Crippen molar-refractivity contribution in [3.8, 4) is 5.75 Å². The maximum Gasteiger partial charge on any atom is 0.387 e. The van der Waals surface area contributed by atoms with Crippen molar-refractivity contribution in [2.24, 2.45) is 0 Å². The number of likely N-dealkylation sites (N-methyl/N-ethyl adjacent to an activating group) is 1. The Morgan fingerprint density at radius 3 is 2.38 bits per heavy atom. The van der Waals surface area contributed by atoms with E-state index in [1.165, 1.54) is 17.7 Å². The Kier molecular flexibility index (Phi) is 7.32. The second-order valence-corrected chi connectivity index (χ2v) is 7.58. The van der Waals surface area contributed by atoms with Crippen molar-refractivity contribution in [2.45, 2.75) is 19.2 Å². The number of ether oxygens (including phenoxy) is 1.